The molecule has 5 heteroatoms. The van der Waals surface area contributed by atoms with Gasteiger partial charge in [-0.2, -0.15) is 0 Å². The fourth-order valence-corrected chi connectivity index (χ4v) is 5.09. The molecule has 1 saturated heterocycles. The molecule has 3 aliphatic rings. The fraction of sp³-hybridized carbons (Fsp3) is 0.696. The molecule has 1 unspecified atom stereocenters. The van der Waals surface area contributed by atoms with E-state index in [0.717, 1.165) is 37.3 Å². The molecule has 0 amide bonds. The van der Waals surface area contributed by atoms with Crippen molar-refractivity contribution in [2.75, 3.05) is 33.3 Å². The van der Waals surface area contributed by atoms with Crippen molar-refractivity contribution < 1.29 is 4.74 Å². The van der Waals surface area contributed by atoms with Gasteiger partial charge < -0.3 is 20.3 Å². The van der Waals surface area contributed by atoms with Crippen molar-refractivity contribution >= 4 is 5.96 Å². The van der Waals surface area contributed by atoms with Gasteiger partial charge in [0.15, 0.2) is 5.96 Å². The zero-order valence-corrected chi connectivity index (χ0v) is 17.3. The Morgan fingerprint density at radius 1 is 1.07 bits per heavy atom. The number of rotatable bonds is 4. The summed E-state index contributed by atoms with van der Waals surface area (Å²) in [6, 6.07) is 9.81. The highest BCUT2D eigenvalue weighted by Crippen LogP contribution is 2.32. The second kappa shape index (κ2) is 9.64. The third-order valence-corrected chi connectivity index (χ3v) is 6.78. The molecule has 154 valence electrons. The minimum absolute atomic E-state index is 0.483. The number of aliphatic imine (C=N–C) groups is 1. The van der Waals surface area contributed by atoms with Crippen molar-refractivity contribution in [1.82, 2.24) is 15.5 Å². The van der Waals surface area contributed by atoms with E-state index >= 15 is 0 Å². The van der Waals surface area contributed by atoms with Crippen LogP contribution in [0.15, 0.2) is 29.3 Å². The number of hydrogen-bond acceptors (Lipinski definition) is 3. The number of likely N-dealkylation sites (tertiary alicyclic amines) is 1. The van der Waals surface area contributed by atoms with E-state index in [0.29, 0.717) is 12.0 Å². The normalized spacial score (nSPS) is 25.0. The highest BCUT2D eigenvalue weighted by atomic mass is 16.5. The maximum Gasteiger partial charge on any atom is 0.191 e. The zero-order valence-electron chi connectivity index (χ0n) is 17.3. The van der Waals surface area contributed by atoms with Gasteiger partial charge in [-0.15, -0.1) is 0 Å². The second-order valence-electron chi connectivity index (χ2n) is 8.57. The van der Waals surface area contributed by atoms with Gasteiger partial charge in [0.1, 0.15) is 5.75 Å². The molecule has 5 nitrogen and oxygen atoms in total. The van der Waals surface area contributed by atoms with Crippen molar-refractivity contribution in [1.29, 1.82) is 0 Å². The molecule has 2 fully saturated rings. The number of ether oxygens (including phenoxy) is 1. The highest BCUT2D eigenvalue weighted by molar-refractivity contribution is 5.80. The molecule has 28 heavy (non-hydrogen) atoms. The summed E-state index contributed by atoms with van der Waals surface area (Å²) in [5.74, 6) is 2.47. The van der Waals surface area contributed by atoms with Gasteiger partial charge in [-0.1, -0.05) is 37.5 Å². The Labute approximate surface area is 169 Å². The average Bonchev–Trinajstić information content (AvgIpc) is 2.77. The topological polar surface area (TPSA) is 48.9 Å². The predicted molar refractivity (Wildman–Crippen MR) is 115 cm³/mol. The van der Waals surface area contributed by atoms with Crippen LogP contribution in [0, 0.1) is 0 Å². The second-order valence-corrected chi connectivity index (χ2v) is 8.57. The Balaban J connectivity index is 1.24. The first kappa shape index (κ1) is 19.6. The van der Waals surface area contributed by atoms with Crippen LogP contribution in [0.2, 0.25) is 0 Å². The lowest BCUT2D eigenvalue weighted by atomic mass is 9.92. The van der Waals surface area contributed by atoms with Gasteiger partial charge in [0.05, 0.1) is 6.61 Å². The fourth-order valence-electron chi connectivity index (χ4n) is 5.09. The van der Waals surface area contributed by atoms with Gasteiger partial charge >= 0.3 is 0 Å². The molecule has 0 spiro atoms. The van der Waals surface area contributed by atoms with Crippen LogP contribution in [0.4, 0.5) is 0 Å². The van der Waals surface area contributed by atoms with Gasteiger partial charge in [-0.25, -0.2) is 0 Å². The lowest BCUT2D eigenvalue weighted by molar-refractivity contribution is 0.119. The molecule has 0 aromatic heterocycles. The van der Waals surface area contributed by atoms with Gasteiger partial charge in [0, 0.05) is 44.7 Å². The lowest BCUT2D eigenvalue weighted by Gasteiger charge is -2.39. The van der Waals surface area contributed by atoms with Crippen molar-refractivity contribution in [2.24, 2.45) is 4.99 Å². The smallest absolute Gasteiger partial charge is 0.191 e. The summed E-state index contributed by atoms with van der Waals surface area (Å²) < 4.78 is 5.79. The Morgan fingerprint density at radius 3 is 2.64 bits per heavy atom. The summed E-state index contributed by atoms with van der Waals surface area (Å²) in [7, 11) is 1.88. The number of guanidine groups is 1. The Hall–Kier alpha value is -1.75. The number of hydrogen-bond donors (Lipinski definition) is 2. The minimum Gasteiger partial charge on any atom is -0.493 e. The first-order chi connectivity index (χ1) is 13.8. The summed E-state index contributed by atoms with van der Waals surface area (Å²) in [4.78, 5) is 7.22. The molecule has 2 aliphatic heterocycles. The van der Waals surface area contributed by atoms with E-state index in [4.69, 9.17) is 4.74 Å². The van der Waals surface area contributed by atoms with Crippen LogP contribution in [0.3, 0.4) is 0 Å². The van der Waals surface area contributed by atoms with Gasteiger partial charge in [0.25, 0.3) is 0 Å². The Morgan fingerprint density at radius 2 is 1.86 bits per heavy atom. The molecule has 2 N–H and O–H groups in total. The molecule has 1 atom stereocenters. The van der Waals surface area contributed by atoms with Crippen LogP contribution in [-0.2, 0) is 0 Å². The van der Waals surface area contributed by atoms with Gasteiger partial charge in [-0.05, 0) is 43.7 Å². The van der Waals surface area contributed by atoms with Crippen molar-refractivity contribution in [3.05, 3.63) is 29.8 Å². The number of fused-ring (bicyclic) bond motifs is 1. The monoisotopic (exact) mass is 384 g/mol. The zero-order chi connectivity index (χ0) is 19.2. The van der Waals surface area contributed by atoms with E-state index in [-0.39, 0.29) is 0 Å². The number of benzene rings is 1. The summed E-state index contributed by atoms with van der Waals surface area (Å²) in [5.41, 5.74) is 1.32. The Bertz CT molecular complexity index is 648. The third kappa shape index (κ3) is 4.80. The maximum absolute atomic E-state index is 5.79. The molecule has 1 aromatic rings. The van der Waals surface area contributed by atoms with Crippen LogP contribution in [0.1, 0.15) is 62.8 Å². The van der Waals surface area contributed by atoms with Crippen molar-refractivity contribution in [3.8, 4) is 5.75 Å². The number of para-hydroxylation sites is 1. The molecular formula is C23H36N4O. The van der Waals surface area contributed by atoms with E-state index in [1.54, 1.807) is 0 Å². The third-order valence-electron chi connectivity index (χ3n) is 6.78. The number of piperidine rings is 1. The largest absolute Gasteiger partial charge is 0.493 e. The van der Waals surface area contributed by atoms with E-state index < -0.39 is 0 Å². The maximum atomic E-state index is 5.79. The van der Waals surface area contributed by atoms with Crippen LogP contribution >= 0.6 is 0 Å². The molecule has 1 saturated carbocycles. The Kier molecular flexibility index (Phi) is 6.73. The molecule has 2 heterocycles. The lowest BCUT2D eigenvalue weighted by Crippen LogP contribution is -2.51. The molecule has 4 rings (SSSR count). The van der Waals surface area contributed by atoms with Crippen LogP contribution < -0.4 is 15.4 Å². The summed E-state index contributed by atoms with van der Waals surface area (Å²) in [6.07, 6.45) is 10.6. The predicted octanol–water partition coefficient (Wildman–Crippen LogP) is 3.51. The molecule has 1 aliphatic carbocycles. The quantitative estimate of drug-likeness (QED) is 0.616. The first-order valence-electron chi connectivity index (χ1n) is 11.3. The van der Waals surface area contributed by atoms with E-state index in [1.807, 2.05) is 7.05 Å². The standard InChI is InChI=1S/C23H36N4O/c1-24-23(25-17-18-13-16-28-22-10-6-5-9-21(18)22)26-19-11-14-27(15-12-19)20-7-3-2-4-8-20/h5-6,9-10,18-20H,2-4,7-8,11-17H2,1H3,(H2,24,25,26). The summed E-state index contributed by atoms with van der Waals surface area (Å²) in [5, 5.41) is 7.25. The van der Waals surface area contributed by atoms with Crippen LogP contribution in [0.25, 0.3) is 0 Å². The van der Waals surface area contributed by atoms with Crippen LogP contribution in [-0.4, -0.2) is 56.2 Å². The van der Waals surface area contributed by atoms with Crippen molar-refractivity contribution in [2.45, 2.75) is 69.4 Å². The summed E-state index contributed by atoms with van der Waals surface area (Å²) >= 11 is 0. The molecule has 0 bridgehead atoms. The average molecular weight is 385 g/mol. The number of nitrogens with one attached hydrogen (secondary N) is 2. The molecular weight excluding hydrogens is 348 g/mol. The first-order valence-corrected chi connectivity index (χ1v) is 11.3. The van der Waals surface area contributed by atoms with E-state index in [2.05, 4.69) is 44.8 Å². The van der Waals surface area contributed by atoms with E-state index in [9.17, 15) is 0 Å². The van der Waals surface area contributed by atoms with Gasteiger partial charge in [-0.3, -0.25) is 4.99 Å². The number of nitrogens with zero attached hydrogens (tertiary/aromatic N) is 2. The molecule has 1 aromatic carbocycles. The van der Waals surface area contributed by atoms with Crippen molar-refractivity contribution in [3.63, 3.8) is 0 Å². The van der Waals surface area contributed by atoms with E-state index in [1.165, 1.54) is 63.6 Å². The van der Waals surface area contributed by atoms with Gasteiger partial charge in [0.2, 0.25) is 0 Å². The SMILES string of the molecule is CN=C(NCC1CCOc2ccccc21)NC1CCN(C2CCCCC2)CC1. The molecule has 0 radical (unpaired) electrons. The van der Waals surface area contributed by atoms with Crippen LogP contribution in [0.5, 0.6) is 5.75 Å². The summed E-state index contributed by atoms with van der Waals surface area (Å²) in [6.45, 7) is 4.16. The highest BCUT2D eigenvalue weighted by Gasteiger charge is 2.27. The minimum atomic E-state index is 0.483.